The van der Waals surface area contributed by atoms with Crippen molar-refractivity contribution >= 4 is 23.2 Å². The van der Waals surface area contributed by atoms with Crippen LogP contribution in [0.4, 0.5) is 17.6 Å². The van der Waals surface area contributed by atoms with Crippen LogP contribution in [0.5, 0.6) is 5.88 Å². The quantitative estimate of drug-likeness (QED) is 0.399. The zero-order valence-electron chi connectivity index (χ0n) is 18.7. The van der Waals surface area contributed by atoms with Crippen LogP contribution in [0.15, 0.2) is 55.0 Å². The summed E-state index contributed by atoms with van der Waals surface area (Å²) in [5.74, 6) is 3.97. The van der Waals surface area contributed by atoms with E-state index in [0.717, 1.165) is 52.9 Å². The van der Waals surface area contributed by atoms with Crippen LogP contribution in [0.2, 0.25) is 0 Å². The van der Waals surface area contributed by atoms with Crippen molar-refractivity contribution in [2.24, 2.45) is 7.05 Å². The highest BCUT2D eigenvalue weighted by Crippen LogP contribution is 2.32. The van der Waals surface area contributed by atoms with Crippen LogP contribution in [-0.2, 0) is 13.5 Å². The molecular formula is C23H22N10O. The molecule has 170 valence electrons. The minimum atomic E-state index is 0.178. The van der Waals surface area contributed by atoms with E-state index in [1.165, 1.54) is 0 Å². The maximum absolute atomic E-state index is 5.16. The molecule has 6 heterocycles. The third kappa shape index (κ3) is 3.56. The average Bonchev–Trinajstić information content (AvgIpc) is 3.48. The number of hydrogen-bond donors (Lipinski definition) is 2. The second-order valence-electron chi connectivity index (χ2n) is 8.10. The van der Waals surface area contributed by atoms with Crippen molar-refractivity contribution < 1.29 is 4.74 Å². The summed E-state index contributed by atoms with van der Waals surface area (Å²) in [4.78, 5) is 13.3. The molecule has 0 amide bonds. The molecule has 1 atom stereocenters. The van der Waals surface area contributed by atoms with Gasteiger partial charge in [-0.15, -0.1) is 10.2 Å². The third-order valence-electron chi connectivity index (χ3n) is 5.93. The van der Waals surface area contributed by atoms with Gasteiger partial charge < -0.3 is 15.4 Å². The Morgan fingerprint density at radius 1 is 1.12 bits per heavy atom. The molecular weight excluding hydrogens is 432 g/mol. The molecule has 2 N–H and O–H groups in total. The minimum absolute atomic E-state index is 0.178. The Kier molecular flexibility index (Phi) is 4.79. The van der Waals surface area contributed by atoms with Gasteiger partial charge in [0.15, 0.2) is 5.65 Å². The molecule has 1 aliphatic heterocycles. The molecule has 0 radical (unpaired) electrons. The van der Waals surface area contributed by atoms with Gasteiger partial charge in [-0.25, -0.2) is 15.0 Å². The fourth-order valence-electron chi connectivity index (χ4n) is 4.19. The Hall–Kier alpha value is -4.54. The maximum Gasteiger partial charge on any atom is 0.228 e. The van der Waals surface area contributed by atoms with Crippen molar-refractivity contribution in [1.29, 1.82) is 0 Å². The predicted octanol–water partition coefficient (Wildman–Crippen LogP) is 2.82. The summed E-state index contributed by atoms with van der Waals surface area (Å²) in [5, 5.41) is 19.9. The van der Waals surface area contributed by atoms with Crippen molar-refractivity contribution in [2.75, 3.05) is 24.3 Å². The summed E-state index contributed by atoms with van der Waals surface area (Å²) in [5.41, 5.74) is 3.62. The molecule has 1 aliphatic rings. The molecule has 5 aromatic rings. The Morgan fingerprint density at radius 2 is 2.06 bits per heavy atom. The molecule has 0 saturated carbocycles. The van der Waals surface area contributed by atoms with E-state index in [0.29, 0.717) is 11.8 Å². The van der Waals surface area contributed by atoms with Crippen LogP contribution < -0.4 is 15.4 Å². The molecule has 5 aromatic heterocycles. The Morgan fingerprint density at radius 3 is 2.85 bits per heavy atom. The van der Waals surface area contributed by atoms with Gasteiger partial charge in [-0.05, 0) is 30.2 Å². The average molecular weight is 454 g/mol. The summed E-state index contributed by atoms with van der Waals surface area (Å²) in [6.45, 7) is 0.750. The van der Waals surface area contributed by atoms with E-state index >= 15 is 0 Å². The number of aromatic nitrogens is 8. The van der Waals surface area contributed by atoms with E-state index in [1.54, 1.807) is 24.2 Å². The SMILES string of the molecule is COc1ccc(CC2CNc3cc(-c4ccnc(Nc5ccnn5C)n4)cc4nnc2n34)cn1. The van der Waals surface area contributed by atoms with E-state index in [4.69, 9.17) is 4.74 Å². The zero-order valence-corrected chi connectivity index (χ0v) is 18.7. The molecule has 0 bridgehead atoms. The lowest BCUT2D eigenvalue weighted by Crippen LogP contribution is -2.24. The van der Waals surface area contributed by atoms with Crippen LogP contribution in [-0.4, -0.2) is 53.0 Å². The summed E-state index contributed by atoms with van der Waals surface area (Å²) in [6.07, 6.45) is 6.11. The first-order chi connectivity index (χ1) is 16.7. The normalized spacial score (nSPS) is 14.7. The smallest absolute Gasteiger partial charge is 0.228 e. The van der Waals surface area contributed by atoms with Gasteiger partial charge in [-0.3, -0.25) is 9.08 Å². The second-order valence-corrected chi connectivity index (χ2v) is 8.10. The molecule has 11 nitrogen and oxygen atoms in total. The number of ether oxygens (including phenoxy) is 1. The Balaban J connectivity index is 1.30. The highest BCUT2D eigenvalue weighted by atomic mass is 16.5. The van der Waals surface area contributed by atoms with E-state index in [-0.39, 0.29) is 5.92 Å². The molecule has 0 aliphatic carbocycles. The van der Waals surface area contributed by atoms with E-state index in [9.17, 15) is 0 Å². The Labute approximate surface area is 194 Å². The van der Waals surface area contributed by atoms with Crippen LogP contribution in [0.1, 0.15) is 17.3 Å². The number of hydrogen-bond acceptors (Lipinski definition) is 9. The Bertz CT molecular complexity index is 1470. The van der Waals surface area contributed by atoms with Crippen molar-refractivity contribution in [2.45, 2.75) is 12.3 Å². The number of rotatable bonds is 6. The lowest BCUT2D eigenvalue weighted by molar-refractivity contribution is 0.397. The molecule has 11 heteroatoms. The molecule has 6 rings (SSSR count). The third-order valence-corrected chi connectivity index (χ3v) is 5.93. The highest BCUT2D eigenvalue weighted by molar-refractivity contribution is 5.71. The summed E-state index contributed by atoms with van der Waals surface area (Å²) in [6, 6.07) is 11.7. The fraction of sp³-hybridized carbons (Fsp3) is 0.217. The van der Waals surface area contributed by atoms with Gasteiger partial charge in [0.05, 0.1) is 19.0 Å². The van der Waals surface area contributed by atoms with Crippen molar-refractivity contribution in [1.82, 2.24) is 39.3 Å². The standard InChI is InChI=1S/C23H22N10O/c1-32-18(6-8-27-32)29-23-24-7-5-17(28-23)15-10-19-25-13-16(22-31-30-20(11-15)33(19)22)9-14-3-4-21(34-2)26-12-14/h3-8,10-12,16,25H,9,13H2,1-2H3,(H,24,28,29). The van der Waals surface area contributed by atoms with Crippen LogP contribution in [0, 0.1) is 0 Å². The monoisotopic (exact) mass is 454 g/mol. The summed E-state index contributed by atoms with van der Waals surface area (Å²) in [7, 11) is 3.47. The lowest BCUT2D eigenvalue weighted by Gasteiger charge is -2.24. The topological polar surface area (TPSA) is 120 Å². The first-order valence-electron chi connectivity index (χ1n) is 10.9. The number of aryl methyl sites for hydroxylation is 1. The molecule has 0 fully saturated rings. The van der Waals surface area contributed by atoms with Gasteiger partial charge in [-0.2, -0.15) is 5.10 Å². The van der Waals surface area contributed by atoms with Gasteiger partial charge >= 0.3 is 0 Å². The summed E-state index contributed by atoms with van der Waals surface area (Å²) < 4.78 is 8.96. The van der Waals surface area contributed by atoms with Gasteiger partial charge in [0, 0.05) is 49.6 Å². The van der Waals surface area contributed by atoms with Crippen LogP contribution in [0.3, 0.4) is 0 Å². The highest BCUT2D eigenvalue weighted by Gasteiger charge is 2.26. The number of nitrogens with zero attached hydrogens (tertiary/aromatic N) is 8. The number of anilines is 3. The number of nitrogens with one attached hydrogen (secondary N) is 2. The first-order valence-corrected chi connectivity index (χ1v) is 10.9. The van der Waals surface area contributed by atoms with Gasteiger partial charge in [-0.1, -0.05) is 6.07 Å². The van der Waals surface area contributed by atoms with Crippen LogP contribution >= 0.6 is 0 Å². The van der Waals surface area contributed by atoms with Crippen molar-refractivity contribution in [3.63, 3.8) is 0 Å². The predicted molar refractivity (Wildman–Crippen MR) is 126 cm³/mol. The van der Waals surface area contributed by atoms with E-state index < -0.39 is 0 Å². The molecule has 1 unspecified atom stereocenters. The number of methoxy groups -OCH3 is 1. The van der Waals surface area contributed by atoms with Gasteiger partial charge in [0.1, 0.15) is 17.5 Å². The van der Waals surface area contributed by atoms with Crippen LogP contribution in [0.25, 0.3) is 16.9 Å². The maximum atomic E-state index is 5.16. The molecule has 34 heavy (non-hydrogen) atoms. The molecule has 0 saturated heterocycles. The van der Waals surface area contributed by atoms with Gasteiger partial charge in [0.2, 0.25) is 11.8 Å². The summed E-state index contributed by atoms with van der Waals surface area (Å²) >= 11 is 0. The zero-order chi connectivity index (χ0) is 23.1. The minimum Gasteiger partial charge on any atom is -0.481 e. The van der Waals surface area contributed by atoms with Crippen molar-refractivity contribution in [3.05, 3.63) is 66.4 Å². The van der Waals surface area contributed by atoms with E-state index in [1.807, 2.05) is 43.6 Å². The number of pyridine rings is 2. The van der Waals surface area contributed by atoms with Gasteiger partial charge in [0.25, 0.3) is 0 Å². The lowest BCUT2D eigenvalue weighted by atomic mass is 9.98. The van der Waals surface area contributed by atoms with E-state index in [2.05, 4.69) is 51.3 Å². The molecule has 0 spiro atoms. The second kappa shape index (κ2) is 8.10. The largest absolute Gasteiger partial charge is 0.481 e. The fourth-order valence-corrected chi connectivity index (χ4v) is 4.19. The first kappa shape index (κ1) is 20.1. The van der Waals surface area contributed by atoms with Crippen molar-refractivity contribution in [3.8, 4) is 17.1 Å². The molecule has 0 aromatic carbocycles.